The first kappa shape index (κ1) is 19.8. The number of allylic oxidation sites excluding steroid dienone is 1. The van der Waals surface area contributed by atoms with E-state index in [1.54, 1.807) is 24.9 Å². The zero-order valence-corrected chi connectivity index (χ0v) is 16.5. The summed E-state index contributed by atoms with van der Waals surface area (Å²) >= 11 is 1.71. The number of likely N-dealkylation sites (tertiary alicyclic amines) is 1. The van der Waals surface area contributed by atoms with Gasteiger partial charge < -0.3 is 14.6 Å². The minimum atomic E-state index is -0.956. The van der Waals surface area contributed by atoms with Crippen LogP contribution in [-0.4, -0.2) is 59.7 Å². The second-order valence-electron chi connectivity index (χ2n) is 6.94. The average molecular weight is 391 g/mol. The molecule has 0 aromatic heterocycles. The Balaban J connectivity index is 1.59. The lowest BCUT2D eigenvalue weighted by Crippen LogP contribution is -2.42. The summed E-state index contributed by atoms with van der Waals surface area (Å²) in [4.78, 5) is 26.1. The Bertz CT molecular complexity index is 742. The van der Waals surface area contributed by atoms with Gasteiger partial charge >= 0.3 is 0 Å². The summed E-state index contributed by atoms with van der Waals surface area (Å²) in [6.45, 7) is 1.86. The van der Waals surface area contributed by atoms with Crippen molar-refractivity contribution < 1.29 is 24.2 Å². The van der Waals surface area contributed by atoms with Crippen molar-refractivity contribution in [2.24, 2.45) is 5.41 Å². The summed E-state index contributed by atoms with van der Waals surface area (Å²) < 4.78 is 11.0. The SMILES string of the molecule is C/C=C/c1ccc(OCC(O)CN2C(=O)CC3(CCSC3)C2=O)c(OC)c1. The van der Waals surface area contributed by atoms with E-state index in [1.165, 1.54) is 4.90 Å². The van der Waals surface area contributed by atoms with Crippen molar-refractivity contribution in [2.45, 2.75) is 25.9 Å². The van der Waals surface area contributed by atoms with Gasteiger partial charge in [-0.2, -0.15) is 11.8 Å². The monoisotopic (exact) mass is 391 g/mol. The van der Waals surface area contributed by atoms with Crippen LogP contribution in [0.15, 0.2) is 24.3 Å². The molecule has 2 heterocycles. The van der Waals surface area contributed by atoms with Crippen LogP contribution in [0.4, 0.5) is 0 Å². The number of ether oxygens (including phenoxy) is 2. The molecule has 2 amide bonds. The molecule has 2 atom stereocenters. The van der Waals surface area contributed by atoms with Crippen LogP contribution in [0.2, 0.25) is 0 Å². The molecule has 2 saturated heterocycles. The predicted octanol–water partition coefficient (Wildman–Crippen LogP) is 2.35. The highest BCUT2D eigenvalue weighted by Crippen LogP contribution is 2.44. The number of methoxy groups -OCH3 is 1. The number of hydrogen-bond acceptors (Lipinski definition) is 6. The molecule has 0 saturated carbocycles. The smallest absolute Gasteiger partial charge is 0.236 e. The first-order valence-corrected chi connectivity index (χ1v) is 10.2. The number of aliphatic hydroxyl groups excluding tert-OH is 1. The summed E-state index contributed by atoms with van der Waals surface area (Å²) in [5.74, 6) is 2.32. The minimum Gasteiger partial charge on any atom is -0.493 e. The summed E-state index contributed by atoms with van der Waals surface area (Å²) in [6.07, 6.45) is 3.91. The Hall–Kier alpha value is -1.99. The number of nitrogens with zero attached hydrogens (tertiary/aromatic N) is 1. The Morgan fingerprint density at radius 3 is 2.85 bits per heavy atom. The van der Waals surface area contributed by atoms with Crippen LogP contribution in [0.25, 0.3) is 6.08 Å². The van der Waals surface area contributed by atoms with Crippen LogP contribution >= 0.6 is 11.8 Å². The normalized spacial score (nSPS) is 23.6. The van der Waals surface area contributed by atoms with Crippen molar-refractivity contribution >= 4 is 29.7 Å². The average Bonchev–Trinajstić information content (AvgIpc) is 3.21. The van der Waals surface area contributed by atoms with Crippen molar-refractivity contribution in [3.05, 3.63) is 29.8 Å². The molecule has 1 aromatic rings. The fraction of sp³-hybridized carbons (Fsp3) is 0.500. The van der Waals surface area contributed by atoms with Crippen molar-refractivity contribution in [2.75, 3.05) is 31.8 Å². The number of imide groups is 1. The number of aliphatic hydroxyl groups is 1. The summed E-state index contributed by atoms with van der Waals surface area (Å²) in [5, 5.41) is 10.3. The molecule has 1 aromatic carbocycles. The quantitative estimate of drug-likeness (QED) is 0.719. The van der Waals surface area contributed by atoms with E-state index in [9.17, 15) is 14.7 Å². The molecule has 2 fully saturated rings. The number of benzene rings is 1. The Kier molecular flexibility index (Phi) is 6.11. The zero-order chi connectivity index (χ0) is 19.4. The van der Waals surface area contributed by atoms with Crippen LogP contribution in [0.3, 0.4) is 0 Å². The van der Waals surface area contributed by atoms with Gasteiger partial charge in [0.1, 0.15) is 12.7 Å². The molecular formula is C20H25NO5S. The van der Waals surface area contributed by atoms with Crippen molar-refractivity contribution in [1.82, 2.24) is 4.90 Å². The zero-order valence-electron chi connectivity index (χ0n) is 15.6. The number of carbonyl (C=O) groups is 2. The second-order valence-corrected chi connectivity index (χ2v) is 8.05. The van der Waals surface area contributed by atoms with Gasteiger partial charge in [-0.05, 0) is 36.8 Å². The van der Waals surface area contributed by atoms with E-state index in [4.69, 9.17) is 9.47 Å². The van der Waals surface area contributed by atoms with Crippen LogP contribution < -0.4 is 9.47 Å². The van der Waals surface area contributed by atoms with Gasteiger partial charge in [0.15, 0.2) is 11.5 Å². The Labute approximate surface area is 163 Å². The van der Waals surface area contributed by atoms with E-state index in [-0.39, 0.29) is 31.4 Å². The third-order valence-corrected chi connectivity index (χ3v) is 6.21. The Morgan fingerprint density at radius 2 is 2.19 bits per heavy atom. The highest BCUT2D eigenvalue weighted by Gasteiger charge is 2.53. The van der Waals surface area contributed by atoms with Crippen molar-refractivity contribution in [3.8, 4) is 11.5 Å². The maximum Gasteiger partial charge on any atom is 0.236 e. The highest BCUT2D eigenvalue weighted by molar-refractivity contribution is 7.99. The number of rotatable bonds is 7. The van der Waals surface area contributed by atoms with Crippen molar-refractivity contribution in [1.29, 1.82) is 0 Å². The van der Waals surface area contributed by atoms with E-state index in [1.807, 2.05) is 31.2 Å². The first-order valence-electron chi connectivity index (χ1n) is 9.03. The molecule has 2 aliphatic rings. The van der Waals surface area contributed by atoms with E-state index in [2.05, 4.69) is 0 Å². The molecule has 0 aliphatic carbocycles. The van der Waals surface area contributed by atoms with Crippen LogP contribution in [0.5, 0.6) is 11.5 Å². The van der Waals surface area contributed by atoms with E-state index in [0.29, 0.717) is 17.3 Å². The van der Waals surface area contributed by atoms with Gasteiger partial charge in [0, 0.05) is 12.2 Å². The minimum absolute atomic E-state index is 0.0296. The first-order chi connectivity index (χ1) is 13.0. The molecule has 3 rings (SSSR count). The molecule has 2 aliphatic heterocycles. The molecule has 7 heteroatoms. The van der Waals surface area contributed by atoms with Gasteiger partial charge in [-0.25, -0.2) is 0 Å². The van der Waals surface area contributed by atoms with Gasteiger partial charge in [0.2, 0.25) is 11.8 Å². The summed E-state index contributed by atoms with van der Waals surface area (Å²) in [5.41, 5.74) is 0.434. The molecule has 1 N–H and O–H groups in total. The summed E-state index contributed by atoms with van der Waals surface area (Å²) in [6, 6.07) is 5.51. The summed E-state index contributed by atoms with van der Waals surface area (Å²) in [7, 11) is 1.55. The van der Waals surface area contributed by atoms with Gasteiger partial charge in [-0.3, -0.25) is 14.5 Å². The molecule has 2 unspecified atom stereocenters. The molecule has 0 bridgehead atoms. The molecular weight excluding hydrogens is 366 g/mol. The van der Waals surface area contributed by atoms with Crippen LogP contribution in [-0.2, 0) is 9.59 Å². The standard InChI is InChI=1S/C20H25NO5S/c1-3-4-14-5-6-16(17(9-14)25-2)26-12-15(22)11-21-18(23)10-20(19(21)24)7-8-27-13-20/h3-6,9,15,22H,7-8,10-13H2,1-2H3/b4-3+. The van der Waals surface area contributed by atoms with Crippen LogP contribution in [0, 0.1) is 5.41 Å². The number of carbonyl (C=O) groups excluding carboxylic acids is 2. The number of thioether (sulfide) groups is 1. The lowest BCUT2D eigenvalue weighted by Gasteiger charge is -2.22. The fourth-order valence-corrected chi connectivity index (χ4v) is 4.95. The van der Waals surface area contributed by atoms with Gasteiger partial charge in [-0.1, -0.05) is 18.2 Å². The second kappa shape index (κ2) is 8.35. The molecule has 6 nitrogen and oxygen atoms in total. The van der Waals surface area contributed by atoms with Gasteiger partial charge in [0.05, 0.1) is 19.1 Å². The molecule has 146 valence electrons. The van der Waals surface area contributed by atoms with Crippen molar-refractivity contribution in [3.63, 3.8) is 0 Å². The fourth-order valence-electron chi connectivity index (χ4n) is 3.51. The molecule has 0 radical (unpaired) electrons. The highest BCUT2D eigenvalue weighted by atomic mass is 32.2. The van der Waals surface area contributed by atoms with Crippen LogP contribution in [0.1, 0.15) is 25.3 Å². The van der Waals surface area contributed by atoms with E-state index >= 15 is 0 Å². The number of amides is 2. The number of hydrogen-bond donors (Lipinski definition) is 1. The molecule has 27 heavy (non-hydrogen) atoms. The van der Waals surface area contributed by atoms with E-state index in [0.717, 1.165) is 17.7 Å². The maximum absolute atomic E-state index is 12.7. The largest absolute Gasteiger partial charge is 0.493 e. The van der Waals surface area contributed by atoms with Gasteiger partial charge in [0.25, 0.3) is 0 Å². The van der Waals surface area contributed by atoms with E-state index < -0.39 is 11.5 Å². The maximum atomic E-state index is 12.7. The third-order valence-electron chi connectivity index (χ3n) is 4.96. The predicted molar refractivity (Wildman–Crippen MR) is 105 cm³/mol. The topological polar surface area (TPSA) is 76.1 Å². The third kappa shape index (κ3) is 4.14. The number of β-amino-alcohol motifs (C(OH)–C–C–N with tert-alkyl or cyclic N) is 1. The Morgan fingerprint density at radius 1 is 1.37 bits per heavy atom. The van der Waals surface area contributed by atoms with Gasteiger partial charge in [-0.15, -0.1) is 0 Å². The molecule has 1 spiro atoms. The lowest BCUT2D eigenvalue weighted by atomic mass is 9.86. The lowest BCUT2D eigenvalue weighted by molar-refractivity contribution is -0.142.